The summed E-state index contributed by atoms with van der Waals surface area (Å²) in [5.74, 6) is 0.523. The zero-order chi connectivity index (χ0) is 11.5. The molecule has 0 spiro atoms. The molecule has 16 heavy (non-hydrogen) atoms. The SMILES string of the molecule is CC(CCN)c1cc(Cl)c2c(c1)CCCC2. The summed E-state index contributed by atoms with van der Waals surface area (Å²) in [6, 6.07) is 4.49. The largest absolute Gasteiger partial charge is 0.330 e. The molecule has 1 atom stereocenters. The fourth-order valence-corrected chi connectivity index (χ4v) is 2.88. The van der Waals surface area contributed by atoms with Crippen molar-refractivity contribution in [1.29, 1.82) is 0 Å². The molecule has 0 heterocycles. The van der Waals surface area contributed by atoms with Crippen LogP contribution >= 0.6 is 11.6 Å². The van der Waals surface area contributed by atoms with E-state index in [1.807, 2.05) is 0 Å². The van der Waals surface area contributed by atoms with Crippen LogP contribution in [0, 0.1) is 0 Å². The Hall–Kier alpha value is -0.530. The highest BCUT2D eigenvalue weighted by Gasteiger charge is 2.15. The molecule has 0 saturated carbocycles. The van der Waals surface area contributed by atoms with Gasteiger partial charge in [-0.2, -0.15) is 0 Å². The molecule has 1 aliphatic carbocycles. The van der Waals surface area contributed by atoms with Crippen molar-refractivity contribution in [2.75, 3.05) is 6.54 Å². The minimum atomic E-state index is 0.523. The van der Waals surface area contributed by atoms with Gasteiger partial charge in [0.05, 0.1) is 0 Å². The van der Waals surface area contributed by atoms with Crippen molar-refractivity contribution >= 4 is 11.6 Å². The Kier molecular flexibility index (Phi) is 3.88. The highest BCUT2D eigenvalue weighted by Crippen LogP contribution is 2.32. The maximum absolute atomic E-state index is 6.36. The van der Waals surface area contributed by atoms with E-state index in [-0.39, 0.29) is 0 Å². The third kappa shape index (κ3) is 2.41. The molecule has 1 aliphatic rings. The van der Waals surface area contributed by atoms with Gasteiger partial charge in [-0.25, -0.2) is 0 Å². The van der Waals surface area contributed by atoms with Gasteiger partial charge in [-0.3, -0.25) is 0 Å². The third-order valence-corrected chi connectivity index (χ3v) is 3.94. The molecule has 0 bridgehead atoms. The third-order valence-electron chi connectivity index (χ3n) is 3.60. The highest BCUT2D eigenvalue weighted by molar-refractivity contribution is 6.31. The standard InChI is InChI=1S/C14H20ClN/c1-10(6-7-16)12-8-11-4-2-3-5-13(11)14(15)9-12/h8-10H,2-7,16H2,1H3. The second-order valence-corrected chi connectivity index (χ2v) is 5.23. The minimum absolute atomic E-state index is 0.523. The summed E-state index contributed by atoms with van der Waals surface area (Å²) in [5, 5.41) is 0.969. The molecule has 0 radical (unpaired) electrons. The van der Waals surface area contributed by atoms with Gasteiger partial charge in [-0.05, 0) is 67.3 Å². The Morgan fingerprint density at radius 2 is 2.06 bits per heavy atom. The second-order valence-electron chi connectivity index (χ2n) is 4.83. The van der Waals surface area contributed by atoms with E-state index < -0.39 is 0 Å². The molecule has 0 aromatic heterocycles. The average Bonchev–Trinajstić information content (AvgIpc) is 2.29. The average molecular weight is 238 g/mol. The number of fused-ring (bicyclic) bond motifs is 1. The lowest BCUT2D eigenvalue weighted by Crippen LogP contribution is -2.08. The Bertz CT molecular complexity index is 373. The molecule has 88 valence electrons. The van der Waals surface area contributed by atoms with Gasteiger partial charge in [0.15, 0.2) is 0 Å². The van der Waals surface area contributed by atoms with Gasteiger partial charge in [0, 0.05) is 5.02 Å². The lowest BCUT2D eigenvalue weighted by atomic mass is 9.87. The van der Waals surface area contributed by atoms with Crippen molar-refractivity contribution in [3.05, 3.63) is 33.8 Å². The Morgan fingerprint density at radius 1 is 1.31 bits per heavy atom. The molecule has 1 unspecified atom stereocenters. The fraction of sp³-hybridized carbons (Fsp3) is 0.571. The molecule has 0 fully saturated rings. The number of aryl methyl sites for hydroxylation is 1. The second kappa shape index (κ2) is 5.20. The highest BCUT2D eigenvalue weighted by atomic mass is 35.5. The lowest BCUT2D eigenvalue weighted by molar-refractivity contribution is 0.668. The van der Waals surface area contributed by atoms with Crippen LogP contribution in [0.15, 0.2) is 12.1 Å². The summed E-state index contributed by atoms with van der Waals surface area (Å²) in [4.78, 5) is 0. The molecule has 2 heteroatoms. The van der Waals surface area contributed by atoms with Crippen LogP contribution in [0.3, 0.4) is 0 Å². The van der Waals surface area contributed by atoms with Crippen molar-refractivity contribution < 1.29 is 0 Å². The monoisotopic (exact) mass is 237 g/mol. The van der Waals surface area contributed by atoms with Crippen molar-refractivity contribution in [2.45, 2.75) is 44.9 Å². The van der Waals surface area contributed by atoms with Gasteiger partial charge in [0.2, 0.25) is 0 Å². The summed E-state index contributed by atoms with van der Waals surface area (Å²) in [6.45, 7) is 2.98. The zero-order valence-electron chi connectivity index (χ0n) is 9.93. The quantitative estimate of drug-likeness (QED) is 0.853. The first-order valence-electron chi connectivity index (χ1n) is 6.23. The van der Waals surface area contributed by atoms with E-state index in [1.165, 1.54) is 36.0 Å². The van der Waals surface area contributed by atoms with Crippen LogP contribution < -0.4 is 5.73 Å². The zero-order valence-corrected chi connectivity index (χ0v) is 10.7. The van der Waals surface area contributed by atoms with Crippen LogP contribution in [0.25, 0.3) is 0 Å². The van der Waals surface area contributed by atoms with Gasteiger partial charge in [0.25, 0.3) is 0 Å². The van der Waals surface area contributed by atoms with Crippen molar-refractivity contribution in [3.63, 3.8) is 0 Å². The van der Waals surface area contributed by atoms with Crippen molar-refractivity contribution in [1.82, 2.24) is 0 Å². The van der Waals surface area contributed by atoms with E-state index in [0.717, 1.165) is 24.4 Å². The van der Waals surface area contributed by atoms with Gasteiger partial charge in [-0.1, -0.05) is 24.6 Å². The first-order valence-corrected chi connectivity index (χ1v) is 6.61. The number of hydrogen-bond donors (Lipinski definition) is 1. The molecule has 1 aromatic carbocycles. The maximum Gasteiger partial charge on any atom is 0.0443 e. The molecule has 2 rings (SSSR count). The van der Waals surface area contributed by atoms with Crippen molar-refractivity contribution in [2.24, 2.45) is 5.73 Å². The van der Waals surface area contributed by atoms with E-state index in [4.69, 9.17) is 17.3 Å². The molecular weight excluding hydrogens is 218 g/mol. The van der Waals surface area contributed by atoms with Crippen LogP contribution in [0.5, 0.6) is 0 Å². The van der Waals surface area contributed by atoms with E-state index in [9.17, 15) is 0 Å². The molecule has 1 nitrogen and oxygen atoms in total. The minimum Gasteiger partial charge on any atom is -0.330 e. The first kappa shape index (κ1) is 11.9. The van der Waals surface area contributed by atoms with Gasteiger partial charge in [0.1, 0.15) is 0 Å². The fourth-order valence-electron chi connectivity index (χ4n) is 2.54. The van der Waals surface area contributed by atoms with Crippen LogP contribution in [0.4, 0.5) is 0 Å². The predicted octanol–water partition coefficient (Wildman–Crippen LogP) is 3.67. The van der Waals surface area contributed by atoms with Crippen LogP contribution in [-0.2, 0) is 12.8 Å². The smallest absolute Gasteiger partial charge is 0.0443 e. The topological polar surface area (TPSA) is 26.0 Å². The van der Waals surface area contributed by atoms with E-state index >= 15 is 0 Å². The normalized spacial score (nSPS) is 16.9. The lowest BCUT2D eigenvalue weighted by Gasteiger charge is -2.20. The van der Waals surface area contributed by atoms with E-state index in [0.29, 0.717) is 5.92 Å². The van der Waals surface area contributed by atoms with Gasteiger partial charge >= 0.3 is 0 Å². The summed E-state index contributed by atoms with van der Waals surface area (Å²) in [7, 11) is 0. The number of halogens is 1. The maximum atomic E-state index is 6.36. The van der Waals surface area contributed by atoms with Gasteiger partial charge in [-0.15, -0.1) is 0 Å². The molecule has 0 saturated heterocycles. The van der Waals surface area contributed by atoms with Crippen LogP contribution in [0.2, 0.25) is 5.02 Å². The van der Waals surface area contributed by atoms with Crippen LogP contribution in [0.1, 0.15) is 48.8 Å². The summed E-state index contributed by atoms with van der Waals surface area (Å²) >= 11 is 6.36. The Balaban J connectivity index is 2.31. The Labute approximate surface area is 103 Å². The van der Waals surface area contributed by atoms with Crippen LogP contribution in [-0.4, -0.2) is 6.54 Å². The summed E-state index contributed by atoms with van der Waals surface area (Å²) in [5.41, 5.74) is 9.82. The molecule has 0 amide bonds. The first-order chi connectivity index (χ1) is 7.72. The predicted molar refractivity (Wildman–Crippen MR) is 70.2 cm³/mol. The van der Waals surface area contributed by atoms with Crippen molar-refractivity contribution in [3.8, 4) is 0 Å². The number of rotatable bonds is 3. The molecule has 1 aromatic rings. The molecule has 2 N–H and O–H groups in total. The number of benzene rings is 1. The Morgan fingerprint density at radius 3 is 2.81 bits per heavy atom. The van der Waals surface area contributed by atoms with E-state index in [1.54, 1.807) is 0 Å². The van der Waals surface area contributed by atoms with E-state index in [2.05, 4.69) is 19.1 Å². The molecule has 0 aliphatic heterocycles. The van der Waals surface area contributed by atoms with Gasteiger partial charge < -0.3 is 5.73 Å². The summed E-state index contributed by atoms with van der Waals surface area (Å²) < 4.78 is 0. The summed E-state index contributed by atoms with van der Waals surface area (Å²) in [6.07, 6.45) is 5.97. The number of hydrogen-bond acceptors (Lipinski definition) is 1. The molecular formula is C14H20ClN. The number of nitrogens with two attached hydrogens (primary N) is 1.